The predicted octanol–water partition coefficient (Wildman–Crippen LogP) is 4.38. The van der Waals surface area contributed by atoms with Gasteiger partial charge in [-0.05, 0) is 39.5 Å². The minimum atomic E-state index is 0.455. The van der Waals surface area contributed by atoms with Gasteiger partial charge in [0.2, 0.25) is 0 Å². The van der Waals surface area contributed by atoms with Crippen molar-refractivity contribution in [3.8, 4) is 0 Å². The lowest BCUT2D eigenvalue weighted by Gasteiger charge is -2.31. The second-order valence-corrected chi connectivity index (χ2v) is 6.94. The van der Waals surface area contributed by atoms with Gasteiger partial charge in [-0.2, -0.15) is 0 Å². The molecule has 1 aromatic rings. The molecule has 0 bridgehead atoms. The average molecular weight is 266 g/mol. The van der Waals surface area contributed by atoms with E-state index >= 15 is 0 Å². The van der Waals surface area contributed by atoms with Crippen molar-refractivity contribution in [1.29, 1.82) is 0 Å². The Hall–Kier alpha value is -0.410. The van der Waals surface area contributed by atoms with Gasteiger partial charge in [-0.15, -0.1) is 11.3 Å². The molecule has 2 nitrogen and oxygen atoms in total. The number of aromatic nitrogens is 1. The van der Waals surface area contributed by atoms with E-state index in [2.05, 4.69) is 38.0 Å². The second kappa shape index (κ2) is 6.16. The van der Waals surface area contributed by atoms with E-state index in [9.17, 15) is 0 Å². The van der Waals surface area contributed by atoms with E-state index in [1.165, 1.54) is 47.7 Å². The first-order valence-electron chi connectivity index (χ1n) is 7.30. The normalized spacial score (nSPS) is 26.2. The minimum Gasteiger partial charge on any atom is -0.307 e. The van der Waals surface area contributed by atoms with E-state index in [0.717, 1.165) is 5.92 Å². The van der Waals surface area contributed by atoms with Crippen LogP contribution in [0.5, 0.6) is 0 Å². The Balaban J connectivity index is 1.94. The highest BCUT2D eigenvalue weighted by Crippen LogP contribution is 2.30. The molecule has 1 N–H and O–H groups in total. The van der Waals surface area contributed by atoms with Crippen LogP contribution in [0, 0.1) is 19.8 Å². The zero-order valence-electron chi connectivity index (χ0n) is 12.1. The van der Waals surface area contributed by atoms with Gasteiger partial charge in [-0.1, -0.05) is 26.2 Å². The van der Waals surface area contributed by atoms with E-state index in [0.29, 0.717) is 12.1 Å². The largest absolute Gasteiger partial charge is 0.307 e. The standard InChI is InChI=1S/C15H26N2S/c1-5-13-7-6-8-14(9-13)17-11(3)15-10(2)16-12(4)18-15/h11,13-14,17H,5-9H2,1-4H3. The third kappa shape index (κ3) is 3.33. The van der Waals surface area contributed by atoms with E-state index in [-0.39, 0.29) is 0 Å². The number of rotatable bonds is 4. The molecule has 18 heavy (non-hydrogen) atoms. The Morgan fingerprint density at radius 1 is 1.39 bits per heavy atom. The summed E-state index contributed by atoms with van der Waals surface area (Å²) in [6.45, 7) is 8.84. The number of thiazole rings is 1. The summed E-state index contributed by atoms with van der Waals surface area (Å²) in [5.74, 6) is 0.938. The molecule has 0 amide bonds. The Morgan fingerprint density at radius 3 is 2.78 bits per heavy atom. The van der Waals surface area contributed by atoms with Crippen LogP contribution < -0.4 is 5.32 Å². The summed E-state index contributed by atoms with van der Waals surface area (Å²) in [6.07, 6.45) is 6.87. The lowest BCUT2D eigenvalue weighted by atomic mass is 9.84. The number of aryl methyl sites for hydroxylation is 2. The van der Waals surface area contributed by atoms with Gasteiger partial charge in [0.15, 0.2) is 0 Å². The van der Waals surface area contributed by atoms with Crippen molar-refractivity contribution in [3.05, 3.63) is 15.6 Å². The molecule has 0 spiro atoms. The molecule has 3 unspecified atom stereocenters. The number of nitrogens with one attached hydrogen (secondary N) is 1. The molecular weight excluding hydrogens is 240 g/mol. The Morgan fingerprint density at radius 2 is 2.17 bits per heavy atom. The van der Waals surface area contributed by atoms with Crippen LogP contribution in [-0.4, -0.2) is 11.0 Å². The molecule has 1 heterocycles. The maximum absolute atomic E-state index is 4.53. The highest BCUT2D eigenvalue weighted by molar-refractivity contribution is 7.11. The summed E-state index contributed by atoms with van der Waals surface area (Å²) in [4.78, 5) is 5.96. The molecule has 2 rings (SSSR count). The quantitative estimate of drug-likeness (QED) is 0.875. The molecule has 0 radical (unpaired) electrons. The van der Waals surface area contributed by atoms with Crippen molar-refractivity contribution in [2.45, 2.75) is 71.9 Å². The molecule has 1 saturated carbocycles. The van der Waals surface area contributed by atoms with Crippen molar-refractivity contribution in [2.24, 2.45) is 5.92 Å². The summed E-state index contributed by atoms with van der Waals surface area (Å²) in [5.41, 5.74) is 1.21. The molecule has 1 aliphatic rings. The smallest absolute Gasteiger partial charge is 0.0900 e. The van der Waals surface area contributed by atoms with Gasteiger partial charge in [0, 0.05) is 17.0 Å². The number of hydrogen-bond donors (Lipinski definition) is 1. The van der Waals surface area contributed by atoms with Crippen LogP contribution in [0.2, 0.25) is 0 Å². The minimum absolute atomic E-state index is 0.455. The van der Waals surface area contributed by atoms with Crippen LogP contribution in [0.3, 0.4) is 0 Å². The van der Waals surface area contributed by atoms with Gasteiger partial charge in [0.25, 0.3) is 0 Å². The van der Waals surface area contributed by atoms with Gasteiger partial charge in [-0.3, -0.25) is 0 Å². The maximum Gasteiger partial charge on any atom is 0.0900 e. The fraction of sp³-hybridized carbons (Fsp3) is 0.800. The molecule has 0 saturated heterocycles. The number of hydrogen-bond acceptors (Lipinski definition) is 3. The van der Waals surface area contributed by atoms with E-state index in [4.69, 9.17) is 0 Å². The fourth-order valence-electron chi connectivity index (χ4n) is 3.19. The molecule has 1 fully saturated rings. The number of nitrogens with zero attached hydrogens (tertiary/aromatic N) is 1. The van der Waals surface area contributed by atoms with Crippen molar-refractivity contribution >= 4 is 11.3 Å². The molecular formula is C15H26N2S. The van der Waals surface area contributed by atoms with Crippen molar-refractivity contribution in [3.63, 3.8) is 0 Å². The molecule has 3 atom stereocenters. The van der Waals surface area contributed by atoms with Crippen LogP contribution in [0.15, 0.2) is 0 Å². The molecule has 0 aliphatic heterocycles. The highest BCUT2D eigenvalue weighted by atomic mass is 32.1. The first-order chi connectivity index (χ1) is 8.60. The van der Waals surface area contributed by atoms with Crippen LogP contribution >= 0.6 is 11.3 Å². The van der Waals surface area contributed by atoms with Gasteiger partial charge in [0.1, 0.15) is 0 Å². The highest BCUT2D eigenvalue weighted by Gasteiger charge is 2.23. The lowest BCUT2D eigenvalue weighted by molar-refractivity contribution is 0.266. The van der Waals surface area contributed by atoms with E-state index in [1.54, 1.807) is 0 Å². The molecule has 102 valence electrons. The third-order valence-electron chi connectivity index (χ3n) is 4.18. The van der Waals surface area contributed by atoms with Gasteiger partial charge in [0.05, 0.1) is 10.7 Å². The van der Waals surface area contributed by atoms with Crippen molar-refractivity contribution in [1.82, 2.24) is 10.3 Å². The molecule has 1 aromatic heterocycles. The zero-order valence-corrected chi connectivity index (χ0v) is 12.9. The fourth-order valence-corrected chi connectivity index (χ4v) is 4.13. The van der Waals surface area contributed by atoms with Crippen molar-refractivity contribution in [2.75, 3.05) is 0 Å². The Kier molecular flexibility index (Phi) is 4.79. The van der Waals surface area contributed by atoms with E-state index < -0.39 is 0 Å². The second-order valence-electron chi connectivity index (χ2n) is 5.71. The molecule has 0 aromatic carbocycles. The first-order valence-corrected chi connectivity index (χ1v) is 8.11. The third-order valence-corrected chi connectivity index (χ3v) is 5.43. The molecule has 1 aliphatic carbocycles. The Labute approximate surface area is 115 Å². The van der Waals surface area contributed by atoms with Gasteiger partial charge < -0.3 is 5.32 Å². The summed E-state index contributed by atoms with van der Waals surface area (Å²) in [7, 11) is 0. The van der Waals surface area contributed by atoms with Gasteiger partial charge in [-0.25, -0.2) is 4.98 Å². The van der Waals surface area contributed by atoms with Crippen LogP contribution in [0.4, 0.5) is 0 Å². The molecule has 3 heteroatoms. The summed E-state index contributed by atoms with van der Waals surface area (Å²) in [5, 5.41) is 5.01. The summed E-state index contributed by atoms with van der Waals surface area (Å²) >= 11 is 1.84. The maximum atomic E-state index is 4.53. The van der Waals surface area contributed by atoms with Gasteiger partial charge >= 0.3 is 0 Å². The average Bonchev–Trinajstić information content (AvgIpc) is 2.69. The SMILES string of the molecule is CCC1CCCC(NC(C)c2sc(C)nc2C)C1. The van der Waals surface area contributed by atoms with Crippen LogP contribution in [0.25, 0.3) is 0 Å². The van der Waals surface area contributed by atoms with Crippen LogP contribution in [-0.2, 0) is 0 Å². The zero-order chi connectivity index (χ0) is 13.1. The topological polar surface area (TPSA) is 24.9 Å². The van der Waals surface area contributed by atoms with Crippen molar-refractivity contribution < 1.29 is 0 Å². The monoisotopic (exact) mass is 266 g/mol. The summed E-state index contributed by atoms with van der Waals surface area (Å²) in [6, 6.07) is 1.16. The summed E-state index contributed by atoms with van der Waals surface area (Å²) < 4.78 is 0. The Bertz CT molecular complexity index is 386. The van der Waals surface area contributed by atoms with E-state index in [1.807, 2.05) is 11.3 Å². The predicted molar refractivity (Wildman–Crippen MR) is 79.2 cm³/mol. The van der Waals surface area contributed by atoms with Crippen LogP contribution in [0.1, 0.15) is 67.6 Å². The lowest BCUT2D eigenvalue weighted by Crippen LogP contribution is -2.35. The first kappa shape index (κ1) is 14.0.